The molecule has 0 aromatic heterocycles. The average Bonchev–Trinajstić information content (AvgIpc) is 2.25. The van der Waals surface area contributed by atoms with Gasteiger partial charge in [-0.15, -0.1) is 11.8 Å². The van der Waals surface area contributed by atoms with E-state index in [1.54, 1.807) is 11.8 Å². The van der Waals surface area contributed by atoms with Gasteiger partial charge in [-0.1, -0.05) is 0 Å². The molecule has 0 radical (unpaired) electrons. The molecule has 0 bridgehead atoms. The third-order valence-corrected chi connectivity index (χ3v) is 3.79. The zero-order valence-corrected chi connectivity index (χ0v) is 9.58. The number of thioether (sulfide) groups is 1. The highest BCUT2D eigenvalue weighted by atomic mass is 32.2. The number of rotatable bonds is 1. The summed E-state index contributed by atoms with van der Waals surface area (Å²) in [7, 11) is 0. The quantitative estimate of drug-likeness (QED) is 0.765. The molecule has 1 saturated heterocycles. The highest BCUT2D eigenvalue weighted by molar-refractivity contribution is 7.99. The van der Waals surface area contributed by atoms with Crippen LogP contribution in [-0.4, -0.2) is 11.8 Å². The van der Waals surface area contributed by atoms with E-state index in [-0.39, 0.29) is 5.37 Å². The molecule has 1 heterocycles. The molecule has 1 N–H and O–H groups in total. The first kappa shape index (κ1) is 11.8. The van der Waals surface area contributed by atoms with Gasteiger partial charge in [-0.2, -0.15) is 0 Å². The Morgan fingerprint density at radius 1 is 1.25 bits per heavy atom. The zero-order chi connectivity index (χ0) is 11.7. The highest BCUT2D eigenvalue weighted by Gasteiger charge is 2.22. The summed E-state index contributed by atoms with van der Waals surface area (Å²) in [6.45, 7) is 2.02. The number of hydrogen-bond donors (Lipinski definition) is 1. The van der Waals surface area contributed by atoms with E-state index in [4.69, 9.17) is 0 Å². The molecular weight excluding hydrogens is 235 g/mol. The molecule has 1 aromatic carbocycles. The van der Waals surface area contributed by atoms with Gasteiger partial charge in [0.25, 0.3) is 0 Å². The molecule has 0 aliphatic carbocycles. The molecule has 0 saturated carbocycles. The van der Waals surface area contributed by atoms with Crippen molar-refractivity contribution >= 4 is 11.8 Å². The number of hydrogen-bond acceptors (Lipinski definition) is 2. The molecule has 2 unspecified atom stereocenters. The van der Waals surface area contributed by atoms with E-state index >= 15 is 0 Å². The summed E-state index contributed by atoms with van der Waals surface area (Å²) in [5.74, 6) is -2.73. The van der Waals surface area contributed by atoms with Crippen LogP contribution in [0.4, 0.5) is 13.2 Å². The molecule has 1 fully saturated rings. The molecule has 88 valence electrons. The Kier molecular flexibility index (Phi) is 3.44. The first-order chi connectivity index (χ1) is 7.58. The van der Waals surface area contributed by atoms with Gasteiger partial charge in [0.05, 0.1) is 5.37 Å². The topological polar surface area (TPSA) is 12.0 Å². The van der Waals surface area contributed by atoms with Crippen LogP contribution < -0.4 is 5.32 Å². The monoisotopic (exact) mass is 247 g/mol. The Bertz CT molecular complexity index is 374. The number of benzene rings is 1. The van der Waals surface area contributed by atoms with Crippen LogP contribution in [-0.2, 0) is 0 Å². The second-order valence-electron chi connectivity index (χ2n) is 3.91. The van der Waals surface area contributed by atoms with E-state index in [1.165, 1.54) is 0 Å². The van der Waals surface area contributed by atoms with E-state index in [9.17, 15) is 13.2 Å². The maximum atomic E-state index is 13.0. The summed E-state index contributed by atoms with van der Waals surface area (Å²) in [5, 5.41) is 3.05. The summed E-state index contributed by atoms with van der Waals surface area (Å²) >= 11 is 1.58. The van der Waals surface area contributed by atoms with Gasteiger partial charge in [-0.25, -0.2) is 13.2 Å². The standard InChI is InChI=1S/C11H12F3NS/c1-6-2-3-16-11(15-6)7-4-8(12)10(14)9(13)5-7/h4-6,11,15H,2-3H2,1H3. The third kappa shape index (κ3) is 2.35. The smallest absolute Gasteiger partial charge is 0.194 e. The Morgan fingerprint density at radius 2 is 1.88 bits per heavy atom. The van der Waals surface area contributed by atoms with Crippen molar-refractivity contribution in [2.75, 3.05) is 5.75 Å². The molecule has 1 aromatic rings. The van der Waals surface area contributed by atoms with E-state index in [1.807, 2.05) is 6.92 Å². The van der Waals surface area contributed by atoms with Crippen LogP contribution >= 0.6 is 11.8 Å². The second-order valence-corrected chi connectivity index (χ2v) is 5.12. The van der Waals surface area contributed by atoms with Gasteiger partial charge >= 0.3 is 0 Å². The fourth-order valence-electron chi connectivity index (χ4n) is 1.67. The average molecular weight is 247 g/mol. The van der Waals surface area contributed by atoms with Crippen molar-refractivity contribution in [2.45, 2.75) is 24.8 Å². The Balaban J connectivity index is 2.26. The highest BCUT2D eigenvalue weighted by Crippen LogP contribution is 2.32. The molecule has 1 aliphatic heterocycles. The van der Waals surface area contributed by atoms with E-state index < -0.39 is 17.5 Å². The Hall–Kier alpha value is -0.680. The molecule has 1 nitrogen and oxygen atoms in total. The SMILES string of the molecule is CC1CCSC(c2cc(F)c(F)c(F)c2)N1. The molecule has 0 amide bonds. The van der Waals surface area contributed by atoms with Crippen LogP contribution in [0, 0.1) is 17.5 Å². The lowest BCUT2D eigenvalue weighted by Gasteiger charge is -2.28. The van der Waals surface area contributed by atoms with Crippen molar-refractivity contribution < 1.29 is 13.2 Å². The van der Waals surface area contributed by atoms with Crippen molar-refractivity contribution in [3.8, 4) is 0 Å². The van der Waals surface area contributed by atoms with Crippen LogP contribution in [0.5, 0.6) is 0 Å². The van der Waals surface area contributed by atoms with Crippen molar-refractivity contribution in [2.24, 2.45) is 0 Å². The van der Waals surface area contributed by atoms with E-state index in [2.05, 4.69) is 5.32 Å². The van der Waals surface area contributed by atoms with E-state index in [0.717, 1.165) is 24.3 Å². The van der Waals surface area contributed by atoms with Crippen LogP contribution in [0.2, 0.25) is 0 Å². The minimum atomic E-state index is -1.40. The fraction of sp³-hybridized carbons (Fsp3) is 0.455. The molecule has 0 spiro atoms. The summed E-state index contributed by atoms with van der Waals surface area (Å²) in [4.78, 5) is 0. The van der Waals surface area contributed by atoms with Gasteiger partial charge < -0.3 is 0 Å². The molecular formula is C11H12F3NS. The van der Waals surface area contributed by atoms with Gasteiger partial charge in [0.2, 0.25) is 0 Å². The molecule has 16 heavy (non-hydrogen) atoms. The Morgan fingerprint density at radius 3 is 2.44 bits per heavy atom. The largest absolute Gasteiger partial charge is 0.299 e. The number of halogens is 3. The first-order valence-corrected chi connectivity index (χ1v) is 6.15. The lowest BCUT2D eigenvalue weighted by atomic mass is 10.1. The maximum absolute atomic E-state index is 13.0. The maximum Gasteiger partial charge on any atom is 0.194 e. The first-order valence-electron chi connectivity index (χ1n) is 5.10. The van der Waals surface area contributed by atoms with Gasteiger partial charge in [0.1, 0.15) is 0 Å². The van der Waals surface area contributed by atoms with Gasteiger partial charge in [0, 0.05) is 6.04 Å². The van der Waals surface area contributed by atoms with Gasteiger partial charge in [0.15, 0.2) is 17.5 Å². The predicted octanol–water partition coefficient (Wildman–Crippen LogP) is 3.22. The van der Waals surface area contributed by atoms with Crippen LogP contribution in [0.15, 0.2) is 12.1 Å². The van der Waals surface area contributed by atoms with Gasteiger partial charge in [-0.05, 0) is 36.8 Å². The van der Waals surface area contributed by atoms with Crippen LogP contribution in [0.3, 0.4) is 0 Å². The summed E-state index contributed by atoms with van der Waals surface area (Å²) < 4.78 is 38.9. The van der Waals surface area contributed by atoms with Crippen molar-refractivity contribution in [3.05, 3.63) is 35.1 Å². The normalized spacial score (nSPS) is 25.8. The summed E-state index contributed by atoms with van der Waals surface area (Å²) in [6.07, 6.45) is 1.02. The third-order valence-electron chi connectivity index (χ3n) is 2.58. The predicted molar refractivity (Wildman–Crippen MR) is 58.7 cm³/mol. The number of nitrogens with one attached hydrogen (secondary N) is 1. The molecule has 5 heteroatoms. The zero-order valence-electron chi connectivity index (χ0n) is 8.77. The minimum Gasteiger partial charge on any atom is -0.299 e. The minimum absolute atomic E-state index is 0.159. The van der Waals surface area contributed by atoms with E-state index in [0.29, 0.717) is 11.6 Å². The van der Waals surface area contributed by atoms with Crippen LogP contribution in [0.1, 0.15) is 24.3 Å². The molecule has 2 atom stereocenters. The molecule has 2 rings (SSSR count). The van der Waals surface area contributed by atoms with Crippen molar-refractivity contribution in [1.29, 1.82) is 0 Å². The Labute approximate surface area is 96.4 Å². The van der Waals surface area contributed by atoms with Gasteiger partial charge in [-0.3, -0.25) is 5.32 Å². The molecule has 1 aliphatic rings. The lowest BCUT2D eigenvalue weighted by Crippen LogP contribution is -2.33. The van der Waals surface area contributed by atoms with Crippen LogP contribution in [0.25, 0.3) is 0 Å². The second kappa shape index (κ2) is 4.67. The fourth-order valence-corrected chi connectivity index (χ4v) is 3.05. The van der Waals surface area contributed by atoms with Crippen molar-refractivity contribution in [1.82, 2.24) is 5.32 Å². The lowest BCUT2D eigenvalue weighted by molar-refractivity contribution is 0.441. The summed E-state index contributed by atoms with van der Waals surface area (Å²) in [6, 6.07) is 2.42. The summed E-state index contributed by atoms with van der Waals surface area (Å²) in [5.41, 5.74) is 0.452. The van der Waals surface area contributed by atoms with Crippen molar-refractivity contribution in [3.63, 3.8) is 0 Å².